The van der Waals surface area contributed by atoms with E-state index in [0.29, 0.717) is 33.8 Å². The Morgan fingerprint density at radius 3 is 2.11 bits per heavy atom. The number of aromatic nitrogens is 1. The number of aliphatic hydroxyl groups excluding tert-OH is 2. The van der Waals surface area contributed by atoms with Gasteiger partial charge in [0.15, 0.2) is 0 Å². The van der Waals surface area contributed by atoms with Crippen LogP contribution in [0.25, 0.3) is 16.8 Å². The molecule has 3 rings (SSSR count). The number of allylic oxidation sites excluding steroid dienone is 6. The average Bonchev–Trinajstić information content (AvgIpc) is 3.49. The van der Waals surface area contributed by atoms with Crippen LogP contribution >= 0.6 is 0 Å². The standard InChI is InChI=1S/C41H55FN4O11/c1-7-8-9-11-14-28(4)37-38(41(50)43(6)32-15-12-10-13-16-32)39(27(2)3)44(40(37)30-17-19-31(42)20-18-30)22-21-33(47)24-34(48)25-36(49)55-26-35(57-46(53)54)23-29(5)56-45(51)52/h7-20,27,29,33-35,47-48,51-54H,21-26H2,1-6H3/b8-7-,11-9-,28-14+. The summed E-state index contributed by atoms with van der Waals surface area (Å²) >= 11 is 0. The third-order valence-electron chi connectivity index (χ3n) is 8.96. The lowest BCUT2D eigenvalue weighted by Crippen LogP contribution is -2.34. The van der Waals surface area contributed by atoms with Gasteiger partial charge >= 0.3 is 5.97 Å². The van der Waals surface area contributed by atoms with Crippen LogP contribution in [0.2, 0.25) is 0 Å². The van der Waals surface area contributed by atoms with Crippen molar-refractivity contribution in [2.75, 3.05) is 18.6 Å². The zero-order valence-corrected chi connectivity index (χ0v) is 33.1. The molecule has 0 radical (unpaired) electrons. The number of anilines is 1. The van der Waals surface area contributed by atoms with Crippen molar-refractivity contribution in [3.05, 3.63) is 108 Å². The van der Waals surface area contributed by atoms with Crippen molar-refractivity contribution >= 4 is 23.1 Å². The number of carbonyl (C=O) groups excluding carboxylic acids is 2. The van der Waals surface area contributed by atoms with Crippen molar-refractivity contribution in [2.24, 2.45) is 0 Å². The van der Waals surface area contributed by atoms with Crippen LogP contribution in [0, 0.1) is 5.82 Å². The Bertz CT molecular complexity index is 1810. The summed E-state index contributed by atoms with van der Waals surface area (Å²) in [5.74, 6) is -1.76. The van der Waals surface area contributed by atoms with Crippen LogP contribution in [0.15, 0.2) is 85.0 Å². The highest BCUT2D eigenvalue weighted by molar-refractivity contribution is 6.11. The Hall–Kier alpha value is -4.59. The van der Waals surface area contributed by atoms with Gasteiger partial charge in [-0.1, -0.05) is 62.4 Å². The zero-order chi connectivity index (χ0) is 42.2. The highest BCUT2D eigenvalue weighted by Crippen LogP contribution is 2.41. The summed E-state index contributed by atoms with van der Waals surface area (Å²) in [6, 6.07) is 15.2. The first-order chi connectivity index (χ1) is 27.0. The largest absolute Gasteiger partial charge is 0.463 e. The van der Waals surface area contributed by atoms with Crippen LogP contribution in [0.1, 0.15) is 87.8 Å². The van der Waals surface area contributed by atoms with Crippen molar-refractivity contribution in [1.82, 2.24) is 15.3 Å². The van der Waals surface area contributed by atoms with Crippen LogP contribution in [0.5, 0.6) is 0 Å². The maximum atomic E-state index is 14.7. The molecule has 1 amide bonds. The molecule has 3 aromatic rings. The van der Waals surface area contributed by atoms with Gasteiger partial charge in [0.25, 0.3) is 5.91 Å². The molecule has 0 saturated heterocycles. The topological polar surface area (TPSA) is 198 Å². The summed E-state index contributed by atoms with van der Waals surface area (Å²) in [5.41, 5.74) is 4.57. The molecule has 2 aromatic carbocycles. The molecule has 0 saturated carbocycles. The van der Waals surface area contributed by atoms with Crippen molar-refractivity contribution < 1.29 is 59.4 Å². The van der Waals surface area contributed by atoms with Gasteiger partial charge in [-0.2, -0.15) is 0 Å². The number of hydrogen-bond acceptors (Lipinski definition) is 13. The highest BCUT2D eigenvalue weighted by atomic mass is 19.1. The second kappa shape index (κ2) is 23.0. The second-order valence-electron chi connectivity index (χ2n) is 13.9. The number of halogens is 1. The second-order valence-corrected chi connectivity index (χ2v) is 13.9. The van der Waals surface area contributed by atoms with Crippen LogP contribution in [0.4, 0.5) is 10.1 Å². The lowest BCUT2D eigenvalue weighted by Gasteiger charge is -2.23. The molecule has 312 valence electrons. The van der Waals surface area contributed by atoms with E-state index < -0.39 is 60.0 Å². The number of esters is 1. The van der Waals surface area contributed by atoms with E-state index in [1.165, 1.54) is 19.1 Å². The number of rotatable bonds is 22. The Morgan fingerprint density at radius 1 is 0.860 bits per heavy atom. The minimum atomic E-state index is -1.33. The van der Waals surface area contributed by atoms with Gasteiger partial charge < -0.3 is 24.4 Å². The van der Waals surface area contributed by atoms with Gasteiger partial charge in [-0.05, 0) is 87.1 Å². The summed E-state index contributed by atoms with van der Waals surface area (Å²) in [5, 5.41) is 56.6. The number of aliphatic hydroxyl groups is 2. The van der Waals surface area contributed by atoms with Gasteiger partial charge in [0, 0.05) is 37.0 Å². The number of benzene rings is 2. The number of nitrogens with zero attached hydrogens (tertiary/aromatic N) is 4. The molecule has 1 heterocycles. The first-order valence-electron chi connectivity index (χ1n) is 18.6. The first kappa shape index (κ1) is 46.8. The Kier molecular flexibility index (Phi) is 18.9. The lowest BCUT2D eigenvalue weighted by atomic mass is 9.94. The van der Waals surface area contributed by atoms with Gasteiger partial charge in [-0.15, -0.1) is 0 Å². The van der Waals surface area contributed by atoms with Crippen molar-refractivity contribution in [1.29, 1.82) is 0 Å². The molecule has 0 bridgehead atoms. The van der Waals surface area contributed by atoms with E-state index >= 15 is 0 Å². The fourth-order valence-electron chi connectivity index (χ4n) is 6.45. The number of ether oxygens (including phenoxy) is 1. The maximum Gasteiger partial charge on any atom is 0.308 e. The average molecular weight is 799 g/mol. The van der Waals surface area contributed by atoms with Crippen LogP contribution < -0.4 is 4.90 Å². The van der Waals surface area contributed by atoms with Gasteiger partial charge in [0.2, 0.25) is 0 Å². The third kappa shape index (κ3) is 14.4. The zero-order valence-electron chi connectivity index (χ0n) is 33.1. The van der Waals surface area contributed by atoms with Crippen molar-refractivity contribution in [3.63, 3.8) is 0 Å². The summed E-state index contributed by atoms with van der Waals surface area (Å²) < 4.78 is 21.4. The number of carbonyl (C=O) groups is 2. The summed E-state index contributed by atoms with van der Waals surface area (Å²) in [4.78, 5) is 38.2. The first-order valence-corrected chi connectivity index (χ1v) is 18.6. The molecule has 0 fully saturated rings. The molecule has 0 aliphatic rings. The summed E-state index contributed by atoms with van der Waals surface area (Å²) in [6.45, 7) is 8.83. The van der Waals surface area contributed by atoms with E-state index in [9.17, 15) is 24.2 Å². The molecular formula is C41H55FN4O11. The normalized spacial score (nSPS) is 14.6. The SMILES string of the molecule is C\C=C/C=C\C=C(/C)c1c(C(=O)N(C)c2ccccc2)c(C(C)C)n(CCC(O)CC(O)CC(=O)OCC(CC(C)ON(O)O)ON(O)O)c1-c1ccc(F)cc1. The molecule has 0 aliphatic heterocycles. The molecule has 6 N–H and O–H groups in total. The van der Waals surface area contributed by atoms with Gasteiger partial charge in [-0.3, -0.25) is 30.4 Å². The third-order valence-corrected chi connectivity index (χ3v) is 8.96. The number of amides is 1. The van der Waals surface area contributed by atoms with Crippen LogP contribution in [0.3, 0.4) is 0 Å². The minimum Gasteiger partial charge on any atom is -0.463 e. The molecule has 16 heteroatoms. The van der Waals surface area contributed by atoms with Gasteiger partial charge in [-0.25, -0.2) is 14.1 Å². The van der Waals surface area contributed by atoms with Crippen LogP contribution in [-0.4, -0.2) is 96.3 Å². The van der Waals surface area contributed by atoms with Crippen molar-refractivity contribution in [2.45, 2.75) is 97.2 Å². The molecule has 15 nitrogen and oxygen atoms in total. The molecule has 4 unspecified atom stereocenters. The monoisotopic (exact) mass is 798 g/mol. The molecule has 4 atom stereocenters. The van der Waals surface area contributed by atoms with E-state index in [1.54, 1.807) is 24.1 Å². The quantitative estimate of drug-likeness (QED) is 0.0352. The molecule has 0 aliphatic carbocycles. The summed E-state index contributed by atoms with van der Waals surface area (Å²) in [6.07, 6.45) is 4.08. The van der Waals surface area contributed by atoms with E-state index in [0.717, 1.165) is 5.57 Å². The van der Waals surface area contributed by atoms with Gasteiger partial charge in [0.05, 0.1) is 46.8 Å². The predicted molar refractivity (Wildman–Crippen MR) is 208 cm³/mol. The lowest BCUT2D eigenvalue weighted by molar-refractivity contribution is -0.517. The predicted octanol–water partition coefficient (Wildman–Crippen LogP) is 6.84. The Balaban J connectivity index is 1.95. The van der Waals surface area contributed by atoms with Crippen molar-refractivity contribution in [3.8, 4) is 11.3 Å². The Labute approximate surface area is 332 Å². The fourth-order valence-corrected chi connectivity index (χ4v) is 6.45. The van der Waals surface area contributed by atoms with E-state index in [2.05, 4.69) is 4.84 Å². The van der Waals surface area contributed by atoms with Gasteiger partial charge in [0.1, 0.15) is 18.5 Å². The van der Waals surface area contributed by atoms with E-state index in [1.807, 2.05) is 93.0 Å². The molecule has 0 spiro atoms. The fraction of sp³-hybridized carbons (Fsp3) is 0.415. The molecule has 57 heavy (non-hydrogen) atoms. The van der Waals surface area contributed by atoms with E-state index in [-0.39, 0.29) is 37.6 Å². The molecule has 1 aromatic heterocycles. The minimum absolute atomic E-state index is 0.101. The maximum absolute atomic E-state index is 14.7. The number of hydrogen-bond donors (Lipinski definition) is 6. The smallest absolute Gasteiger partial charge is 0.308 e. The Morgan fingerprint density at radius 2 is 1.51 bits per heavy atom. The highest BCUT2D eigenvalue weighted by Gasteiger charge is 2.32. The molecular weight excluding hydrogens is 743 g/mol. The number of para-hydroxylation sites is 1. The summed E-state index contributed by atoms with van der Waals surface area (Å²) in [7, 11) is 1.71. The van der Waals surface area contributed by atoms with E-state index in [4.69, 9.17) is 30.4 Å². The van der Waals surface area contributed by atoms with Crippen LogP contribution in [-0.2, 0) is 25.8 Å².